The van der Waals surface area contributed by atoms with Crippen molar-refractivity contribution in [1.82, 2.24) is 0 Å². The minimum absolute atomic E-state index is 0.0550. The molecular formula is C32H52O2. The molecule has 0 heterocycles. The fourth-order valence-electron chi connectivity index (χ4n) is 11.9. The van der Waals surface area contributed by atoms with Gasteiger partial charge in [0, 0.05) is 12.3 Å². The number of esters is 1. The van der Waals surface area contributed by atoms with Crippen molar-refractivity contribution in [2.45, 2.75) is 126 Å². The van der Waals surface area contributed by atoms with Gasteiger partial charge in [-0.1, -0.05) is 53.7 Å². The maximum atomic E-state index is 11.9. The van der Waals surface area contributed by atoms with Gasteiger partial charge in [-0.2, -0.15) is 0 Å². The summed E-state index contributed by atoms with van der Waals surface area (Å²) in [7, 11) is 0. The molecule has 34 heavy (non-hydrogen) atoms. The largest absolute Gasteiger partial charge is 0.462 e. The maximum absolute atomic E-state index is 11.9. The Kier molecular flexibility index (Phi) is 5.57. The van der Waals surface area contributed by atoms with Crippen LogP contribution in [0.25, 0.3) is 0 Å². The van der Waals surface area contributed by atoms with Gasteiger partial charge in [0.1, 0.15) is 6.10 Å². The predicted octanol–water partition coefficient (Wildman–Crippen LogP) is 8.60. The normalized spacial score (nSPS) is 53.6. The molecule has 0 radical (unpaired) electrons. The van der Waals surface area contributed by atoms with Crippen molar-refractivity contribution in [3.8, 4) is 0 Å². The summed E-state index contributed by atoms with van der Waals surface area (Å²) in [5, 5.41) is 0. The number of carbonyl (C=O) groups excluding carboxylic acids is 1. The third-order valence-electron chi connectivity index (χ3n) is 13.7. The SMILES string of the molecule is C=C(C)[C@@H]1CC[C@]2(C)CC[C@]3(C)[C@H](CC[C@@H]4[C@]5(C)CC[C@H](OC(C)=O)C(C)(C)[C@@H]5CC[C@]43C)[C@@H]12. The van der Waals surface area contributed by atoms with E-state index in [0.717, 1.165) is 30.1 Å². The summed E-state index contributed by atoms with van der Waals surface area (Å²) in [6.45, 7) is 23.9. The monoisotopic (exact) mass is 468 g/mol. The molecule has 0 amide bonds. The van der Waals surface area contributed by atoms with Gasteiger partial charge in [-0.25, -0.2) is 0 Å². The fourth-order valence-corrected chi connectivity index (χ4v) is 11.9. The number of hydrogen-bond donors (Lipinski definition) is 0. The smallest absolute Gasteiger partial charge is 0.302 e. The van der Waals surface area contributed by atoms with Gasteiger partial charge in [0.25, 0.3) is 0 Å². The second-order valence-electron chi connectivity index (χ2n) is 15.3. The van der Waals surface area contributed by atoms with E-state index in [-0.39, 0.29) is 17.5 Å². The Labute approximate surface area is 210 Å². The van der Waals surface area contributed by atoms with Crippen molar-refractivity contribution in [3.63, 3.8) is 0 Å². The number of rotatable bonds is 2. The molecule has 2 heteroatoms. The summed E-state index contributed by atoms with van der Waals surface area (Å²) in [5.74, 6) is 3.74. The Morgan fingerprint density at radius 3 is 2.12 bits per heavy atom. The molecule has 0 spiro atoms. The first-order valence-electron chi connectivity index (χ1n) is 14.5. The lowest BCUT2D eigenvalue weighted by Gasteiger charge is -2.73. The Morgan fingerprint density at radius 2 is 1.47 bits per heavy atom. The molecule has 5 aliphatic carbocycles. The van der Waals surface area contributed by atoms with Gasteiger partial charge < -0.3 is 4.74 Å². The van der Waals surface area contributed by atoms with Gasteiger partial charge in [-0.3, -0.25) is 4.79 Å². The number of ether oxygens (including phenoxy) is 1. The van der Waals surface area contributed by atoms with Crippen LogP contribution in [0.15, 0.2) is 12.2 Å². The average molecular weight is 469 g/mol. The quantitative estimate of drug-likeness (QED) is 0.299. The van der Waals surface area contributed by atoms with Crippen LogP contribution in [0.1, 0.15) is 120 Å². The zero-order valence-corrected chi connectivity index (χ0v) is 23.6. The standard InChI is InChI=1S/C32H52O2/c1-20(2)22-12-15-29(6)18-19-31(8)23(27(22)29)10-11-25-30(7)16-14-26(34-21(3)33)28(4,5)24(30)13-17-32(25,31)9/h22-27H,1,10-19H2,2-9H3/t22-,23+,24-,25+,26-,27+,29+,30+,31+,32+/m0/s1. The maximum Gasteiger partial charge on any atom is 0.302 e. The van der Waals surface area contributed by atoms with Crippen LogP contribution in [0.5, 0.6) is 0 Å². The summed E-state index contributed by atoms with van der Waals surface area (Å²) in [4.78, 5) is 11.9. The Balaban J connectivity index is 1.50. The van der Waals surface area contributed by atoms with E-state index in [2.05, 4.69) is 55.0 Å². The zero-order chi connectivity index (χ0) is 24.9. The van der Waals surface area contributed by atoms with E-state index in [1.807, 2.05) is 0 Å². The van der Waals surface area contributed by atoms with Gasteiger partial charge in [-0.15, -0.1) is 0 Å². The number of hydrogen-bond acceptors (Lipinski definition) is 2. The lowest BCUT2D eigenvalue weighted by atomic mass is 9.32. The van der Waals surface area contributed by atoms with Gasteiger partial charge in [0.2, 0.25) is 0 Å². The van der Waals surface area contributed by atoms with Gasteiger partial charge in [0.15, 0.2) is 0 Å². The summed E-state index contributed by atoms with van der Waals surface area (Å²) < 4.78 is 5.91. The molecule has 5 saturated carbocycles. The molecule has 0 aliphatic heterocycles. The van der Waals surface area contributed by atoms with Crippen molar-refractivity contribution < 1.29 is 9.53 Å². The Morgan fingerprint density at radius 1 is 0.765 bits per heavy atom. The molecule has 0 aromatic heterocycles. The predicted molar refractivity (Wildman–Crippen MR) is 140 cm³/mol. The van der Waals surface area contributed by atoms with Crippen molar-refractivity contribution in [2.24, 2.45) is 56.7 Å². The highest BCUT2D eigenvalue weighted by Gasteiger charge is 2.70. The van der Waals surface area contributed by atoms with Crippen LogP contribution in [0, 0.1) is 56.7 Å². The minimum Gasteiger partial charge on any atom is -0.462 e. The van der Waals surface area contributed by atoms with Crippen LogP contribution in [0.2, 0.25) is 0 Å². The highest BCUT2D eigenvalue weighted by atomic mass is 16.5. The molecule has 0 unspecified atom stereocenters. The third kappa shape index (κ3) is 3.08. The van der Waals surface area contributed by atoms with Crippen LogP contribution in [-0.4, -0.2) is 12.1 Å². The molecule has 2 nitrogen and oxygen atoms in total. The van der Waals surface area contributed by atoms with Crippen molar-refractivity contribution in [2.75, 3.05) is 0 Å². The molecule has 0 aromatic rings. The van der Waals surface area contributed by atoms with Gasteiger partial charge >= 0.3 is 5.97 Å². The van der Waals surface area contributed by atoms with Crippen molar-refractivity contribution in [3.05, 3.63) is 12.2 Å². The fraction of sp³-hybridized carbons (Fsp3) is 0.906. The molecule has 0 N–H and O–H groups in total. The number of carbonyl (C=O) groups is 1. The van der Waals surface area contributed by atoms with Gasteiger partial charge in [0.05, 0.1) is 0 Å². The Bertz CT molecular complexity index is 872. The lowest BCUT2D eigenvalue weighted by Crippen LogP contribution is -2.66. The second kappa shape index (κ2) is 7.61. The topological polar surface area (TPSA) is 26.3 Å². The molecule has 10 atom stereocenters. The zero-order valence-electron chi connectivity index (χ0n) is 23.6. The molecule has 0 bridgehead atoms. The van der Waals surface area contributed by atoms with E-state index in [1.165, 1.54) is 63.4 Å². The van der Waals surface area contributed by atoms with E-state index in [1.54, 1.807) is 6.92 Å². The molecular weight excluding hydrogens is 416 g/mol. The van der Waals surface area contributed by atoms with E-state index in [9.17, 15) is 4.79 Å². The first-order valence-corrected chi connectivity index (χ1v) is 14.5. The van der Waals surface area contributed by atoms with E-state index >= 15 is 0 Å². The average Bonchev–Trinajstić information content (AvgIpc) is 3.08. The molecule has 0 aromatic carbocycles. The second-order valence-corrected chi connectivity index (χ2v) is 15.3. The summed E-state index contributed by atoms with van der Waals surface area (Å²) in [6, 6.07) is 0. The van der Waals surface area contributed by atoms with E-state index in [0.29, 0.717) is 27.6 Å². The molecule has 0 saturated heterocycles. The first kappa shape index (κ1) is 24.9. The number of allylic oxidation sites excluding steroid dienone is 1. The van der Waals surface area contributed by atoms with Crippen LogP contribution in [0.4, 0.5) is 0 Å². The number of fused-ring (bicyclic) bond motifs is 7. The van der Waals surface area contributed by atoms with Gasteiger partial charge in [-0.05, 0) is 122 Å². The summed E-state index contributed by atoms with van der Waals surface area (Å²) in [6.07, 6.45) is 13.4. The van der Waals surface area contributed by atoms with Crippen molar-refractivity contribution in [1.29, 1.82) is 0 Å². The Hall–Kier alpha value is -0.790. The van der Waals surface area contributed by atoms with Crippen molar-refractivity contribution >= 4 is 5.97 Å². The first-order chi connectivity index (χ1) is 15.7. The van der Waals surface area contributed by atoms with E-state index < -0.39 is 0 Å². The molecule has 5 rings (SSSR count). The molecule has 5 aliphatic rings. The van der Waals surface area contributed by atoms with Crippen LogP contribution >= 0.6 is 0 Å². The summed E-state index contributed by atoms with van der Waals surface area (Å²) >= 11 is 0. The van der Waals surface area contributed by atoms with Crippen LogP contribution < -0.4 is 0 Å². The van der Waals surface area contributed by atoms with E-state index in [4.69, 9.17) is 4.74 Å². The third-order valence-corrected chi connectivity index (χ3v) is 13.7. The highest BCUT2D eigenvalue weighted by Crippen LogP contribution is 2.77. The lowest BCUT2D eigenvalue weighted by molar-refractivity contribution is -0.248. The molecule has 192 valence electrons. The minimum atomic E-state index is -0.107. The van der Waals surface area contributed by atoms with Crippen LogP contribution in [-0.2, 0) is 9.53 Å². The summed E-state index contributed by atoms with van der Waals surface area (Å²) in [5.41, 5.74) is 3.23. The van der Waals surface area contributed by atoms with Crippen LogP contribution in [0.3, 0.4) is 0 Å². The molecule has 5 fully saturated rings. The highest BCUT2D eigenvalue weighted by molar-refractivity contribution is 5.66.